The van der Waals surface area contributed by atoms with Crippen LogP contribution in [0.5, 0.6) is 0 Å². The molecule has 5 rings (SSSR count). The van der Waals surface area contributed by atoms with Crippen molar-refractivity contribution in [2.75, 3.05) is 24.1 Å². The molecule has 9 heteroatoms. The molecule has 7 nitrogen and oxygen atoms in total. The molecule has 0 spiro atoms. The van der Waals surface area contributed by atoms with Gasteiger partial charge in [-0.1, -0.05) is 31.4 Å². The van der Waals surface area contributed by atoms with Gasteiger partial charge in [0.1, 0.15) is 16.4 Å². The molecule has 3 N–H and O–H groups in total. The molecule has 4 aromatic rings. The molecule has 0 radical (unpaired) electrons. The fraction of sp³-hybridized carbons (Fsp3) is 0.333. The van der Waals surface area contributed by atoms with Crippen molar-refractivity contribution >= 4 is 34.6 Å². The second-order valence-corrected chi connectivity index (χ2v) is 9.62. The summed E-state index contributed by atoms with van der Waals surface area (Å²) in [5.74, 6) is 0.303. The van der Waals surface area contributed by atoms with Gasteiger partial charge < -0.3 is 15.4 Å². The monoisotopic (exact) mass is 505 g/mol. The molecule has 3 aromatic heterocycles. The number of pyridine rings is 2. The number of hydrogen-bond acceptors (Lipinski definition) is 8. The first-order valence-electron chi connectivity index (χ1n) is 12.2. The van der Waals surface area contributed by atoms with Crippen molar-refractivity contribution < 1.29 is 4.39 Å². The summed E-state index contributed by atoms with van der Waals surface area (Å²) in [7, 11) is 3.75. The van der Waals surface area contributed by atoms with Crippen LogP contribution in [0.2, 0.25) is 0 Å². The van der Waals surface area contributed by atoms with E-state index in [9.17, 15) is 4.39 Å². The zero-order valence-electron chi connectivity index (χ0n) is 20.9. The molecule has 1 saturated carbocycles. The number of hydrogen-bond donors (Lipinski definition) is 3. The van der Waals surface area contributed by atoms with E-state index in [-0.39, 0.29) is 5.82 Å². The molecule has 36 heavy (non-hydrogen) atoms. The van der Waals surface area contributed by atoms with Gasteiger partial charge in [0.25, 0.3) is 0 Å². The molecule has 1 aliphatic carbocycles. The van der Waals surface area contributed by atoms with Crippen LogP contribution in [0.3, 0.4) is 0 Å². The minimum absolute atomic E-state index is 0.348. The molecule has 3 heterocycles. The van der Waals surface area contributed by atoms with Crippen molar-refractivity contribution in [3.8, 4) is 11.3 Å². The summed E-state index contributed by atoms with van der Waals surface area (Å²) < 4.78 is 17.8. The molecule has 0 bridgehead atoms. The van der Waals surface area contributed by atoms with Gasteiger partial charge in [0, 0.05) is 29.8 Å². The van der Waals surface area contributed by atoms with Crippen LogP contribution in [0.4, 0.5) is 16.0 Å². The van der Waals surface area contributed by atoms with E-state index in [1.54, 1.807) is 18.5 Å². The van der Waals surface area contributed by atoms with E-state index in [2.05, 4.69) is 25.3 Å². The lowest BCUT2D eigenvalue weighted by Gasteiger charge is -2.22. The summed E-state index contributed by atoms with van der Waals surface area (Å²) in [6.45, 7) is 2.00. The Bertz CT molecular complexity index is 1280. The van der Waals surface area contributed by atoms with Crippen molar-refractivity contribution in [3.63, 3.8) is 0 Å². The number of aromatic nitrogens is 4. The summed E-state index contributed by atoms with van der Waals surface area (Å²) in [6, 6.07) is 13.1. The Kier molecular flexibility index (Phi) is 9.02. The molecule has 0 amide bonds. The molecule has 0 saturated heterocycles. The highest BCUT2D eigenvalue weighted by Crippen LogP contribution is 2.29. The number of aryl methyl sites for hydroxylation is 1. The second kappa shape index (κ2) is 12.6. The number of benzene rings is 1. The SMILES string of the molecule is CNC.Cc1cc(-c2ccc(NSc3ccccn3)c(F)c2)nc2cnc(NC3CCCCC3)nc12. The van der Waals surface area contributed by atoms with E-state index in [0.717, 1.165) is 28.9 Å². The largest absolute Gasteiger partial charge is 0.351 e. The second-order valence-electron chi connectivity index (χ2n) is 8.80. The normalized spacial score (nSPS) is 13.7. The third-order valence-corrected chi connectivity index (χ3v) is 6.62. The molecule has 1 aliphatic rings. The molecule has 0 unspecified atom stereocenters. The molecular weight excluding hydrogens is 473 g/mol. The summed E-state index contributed by atoms with van der Waals surface area (Å²) >= 11 is 1.27. The van der Waals surface area contributed by atoms with Crippen LogP contribution in [0.15, 0.2) is 59.9 Å². The Morgan fingerprint density at radius 3 is 2.50 bits per heavy atom. The lowest BCUT2D eigenvalue weighted by Crippen LogP contribution is -2.23. The van der Waals surface area contributed by atoms with E-state index in [4.69, 9.17) is 9.97 Å². The summed E-state index contributed by atoms with van der Waals surface area (Å²) in [4.78, 5) is 18.1. The molecule has 1 fully saturated rings. The smallest absolute Gasteiger partial charge is 0.223 e. The maximum atomic E-state index is 14.8. The van der Waals surface area contributed by atoms with Crippen LogP contribution in [0.25, 0.3) is 22.3 Å². The lowest BCUT2D eigenvalue weighted by molar-refractivity contribution is 0.461. The Labute approximate surface area is 215 Å². The minimum atomic E-state index is -0.348. The molecular formula is C27H32FN7S. The van der Waals surface area contributed by atoms with Crippen molar-refractivity contribution in [1.82, 2.24) is 25.3 Å². The van der Waals surface area contributed by atoms with Gasteiger partial charge in [-0.15, -0.1) is 0 Å². The number of anilines is 2. The first kappa shape index (κ1) is 25.8. The predicted octanol–water partition coefficient (Wildman–Crippen LogP) is 6.23. The highest BCUT2D eigenvalue weighted by Gasteiger charge is 2.15. The van der Waals surface area contributed by atoms with Crippen molar-refractivity contribution in [2.45, 2.75) is 50.1 Å². The van der Waals surface area contributed by atoms with Gasteiger partial charge in [-0.25, -0.2) is 24.3 Å². The summed E-state index contributed by atoms with van der Waals surface area (Å²) in [5.41, 5.74) is 4.30. The zero-order chi connectivity index (χ0) is 25.3. The van der Waals surface area contributed by atoms with Crippen molar-refractivity contribution in [1.29, 1.82) is 0 Å². The maximum absolute atomic E-state index is 14.8. The number of rotatable bonds is 6. The standard InChI is InChI=1S/C25H25FN6S.C2H7N/c1-16-13-21(17-10-11-20(19(26)14-17)32-33-23-9-5-6-12-27-23)30-22-15-28-25(31-24(16)22)29-18-7-3-2-4-8-18;1-3-2/h5-6,9-15,18,32H,2-4,7-8H2,1H3,(H,28,29,31);3H,1-2H3. The Hall–Kier alpha value is -3.30. The highest BCUT2D eigenvalue weighted by atomic mass is 32.2. The average molecular weight is 506 g/mol. The van der Waals surface area contributed by atoms with E-state index >= 15 is 0 Å². The van der Waals surface area contributed by atoms with Gasteiger partial charge in [-0.3, -0.25) is 0 Å². The van der Waals surface area contributed by atoms with Crippen LogP contribution < -0.4 is 15.4 Å². The fourth-order valence-electron chi connectivity index (χ4n) is 4.10. The Morgan fingerprint density at radius 1 is 0.972 bits per heavy atom. The van der Waals surface area contributed by atoms with Gasteiger partial charge in [-0.05, 0) is 69.8 Å². The Balaban J connectivity index is 0.000000967. The first-order valence-corrected chi connectivity index (χ1v) is 13.0. The first-order chi connectivity index (χ1) is 17.6. The number of nitrogens with zero attached hydrogens (tertiary/aromatic N) is 4. The maximum Gasteiger partial charge on any atom is 0.223 e. The van der Waals surface area contributed by atoms with Crippen LogP contribution in [-0.2, 0) is 0 Å². The fourth-order valence-corrected chi connectivity index (χ4v) is 4.74. The third-order valence-electron chi connectivity index (χ3n) is 5.84. The minimum Gasteiger partial charge on any atom is -0.351 e. The van der Waals surface area contributed by atoms with Gasteiger partial charge in [-0.2, -0.15) is 0 Å². The van der Waals surface area contributed by atoms with Crippen LogP contribution in [-0.4, -0.2) is 40.1 Å². The average Bonchev–Trinajstić information content (AvgIpc) is 2.90. The van der Waals surface area contributed by atoms with Gasteiger partial charge in [0.05, 0.1) is 23.1 Å². The molecule has 188 valence electrons. The number of fused-ring (bicyclic) bond motifs is 1. The molecule has 1 aromatic carbocycles. The quantitative estimate of drug-likeness (QED) is 0.266. The molecule has 0 atom stereocenters. The highest BCUT2D eigenvalue weighted by molar-refractivity contribution is 8.00. The predicted molar refractivity (Wildman–Crippen MR) is 147 cm³/mol. The van der Waals surface area contributed by atoms with E-state index < -0.39 is 0 Å². The van der Waals surface area contributed by atoms with Crippen LogP contribution in [0, 0.1) is 12.7 Å². The molecule has 0 aliphatic heterocycles. The van der Waals surface area contributed by atoms with E-state index in [1.807, 2.05) is 51.4 Å². The van der Waals surface area contributed by atoms with Gasteiger partial charge >= 0.3 is 0 Å². The summed E-state index contributed by atoms with van der Waals surface area (Å²) in [5, 5.41) is 6.99. The zero-order valence-corrected chi connectivity index (χ0v) is 21.7. The number of nitrogens with one attached hydrogen (secondary N) is 3. The lowest BCUT2D eigenvalue weighted by atomic mass is 9.96. The van der Waals surface area contributed by atoms with E-state index in [0.29, 0.717) is 34.5 Å². The van der Waals surface area contributed by atoms with Gasteiger partial charge in [0.2, 0.25) is 5.95 Å². The van der Waals surface area contributed by atoms with Crippen LogP contribution >= 0.6 is 11.9 Å². The Morgan fingerprint density at radius 2 is 1.78 bits per heavy atom. The van der Waals surface area contributed by atoms with Crippen molar-refractivity contribution in [3.05, 3.63) is 66.2 Å². The summed E-state index contributed by atoms with van der Waals surface area (Å²) in [6.07, 6.45) is 9.59. The van der Waals surface area contributed by atoms with Crippen LogP contribution in [0.1, 0.15) is 37.7 Å². The topological polar surface area (TPSA) is 87.7 Å². The van der Waals surface area contributed by atoms with Crippen molar-refractivity contribution in [2.24, 2.45) is 0 Å². The van der Waals surface area contributed by atoms with E-state index in [1.165, 1.54) is 37.3 Å². The third kappa shape index (κ3) is 6.67. The van der Waals surface area contributed by atoms with Gasteiger partial charge in [0.15, 0.2) is 0 Å². The number of halogens is 1.